The Morgan fingerprint density at radius 1 is 1.62 bits per heavy atom. The molecule has 0 aliphatic carbocycles. The van der Waals surface area contributed by atoms with Crippen LogP contribution in [0.3, 0.4) is 0 Å². The lowest BCUT2D eigenvalue weighted by Gasteiger charge is -2.01. The van der Waals surface area contributed by atoms with Crippen molar-refractivity contribution >= 4 is 17.4 Å². The Morgan fingerprint density at radius 2 is 2.31 bits per heavy atom. The number of hydrogen-bond donors (Lipinski definition) is 0. The van der Waals surface area contributed by atoms with Crippen molar-refractivity contribution in [2.45, 2.75) is 12.3 Å². The molecule has 66 valence electrons. The summed E-state index contributed by atoms with van der Waals surface area (Å²) in [6.07, 6.45) is 0. The molecule has 1 rings (SSSR count). The van der Waals surface area contributed by atoms with E-state index in [-0.39, 0.29) is 5.78 Å². The van der Waals surface area contributed by atoms with Gasteiger partial charge in [0.15, 0.2) is 5.78 Å². The van der Waals surface area contributed by atoms with Crippen LogP contribution >= 0.6 is 11.6 Å². The van der Waals surface area contributed by atoms with Crippen LogP contribution < -0.4 is 0 Å². The highest BCUT2D eigenvalue weighted by Gasteiger charge is 2.11. The second-order valence-corrected chi connectivity index (χ2v) is 3.33. The summed E-state index contributed by atoms with van der Waals surface area (Å²) in [5.74, 6) is -0.154. The lowest BCUT2D eigenvalue weighted by atomic mass is 10.1. The molecule has 0 heterocycles. The van der Waals surface area contributed by atoms with E-state index in [1.165, 1.54) is 0 Å². The highest BCUT2D eigenvalue weighted by atomic mass is 35.5. The minimum atomic E-state index is -0.547. The van der Waals surface area contributed by atoms with Crippen LogP contribution in [-0.2, 0) is 0 Å². The summed E-state index contributed by atoms with van der Waals surface area (Å²) < 4.78 is 0. The molecule has 2 nitrogen and oxygen atoms in total. The molecule has 0 saturated carbocycles. The Hall–Kier alpha value is -1.33. The van der Waals surface area contributed by atoms with Gasteiger partial charge in [-0.05, 0) is 19.1 Å². The molecule has 13 heavy (non-hydrogen) atoms. The Morgan fingerprint density at radius 3 is 2.85 bits per heavy atom. The number of benzene rings is 1. The van der Waals surface area contributed by atoms with Crippen LogP contribution in [0.5, 0.6) is 0 Å². The maximum Gasteiger partial charge on any atom is 0.180 e. The topological polar surface area (TPSA) is 40.9 Å². The number of carbonyl (C=O) groups excluding carboxylic acids is 1. The molecule has 1 aromatic carbocycles. The number of Topliss-reactive ketones (excluding diaryl/α,β-unsaturated/α-hetero) is 1. The number of hydrogen-bond acceptors (Lipinski definition) is 2. The van der Waals surface area contributed by atoms with Crippen molar-refractivity contribution in [1.82, 2.24) is 0 Å². The number of nitriles is 1. The molecule has 0 saturated heterocycles. The predicted octanol–water partition coefficient (Wildman–Crippen LogP) is 2.37. The van der Waals surface area contributed by atoms with Gasteiger partial charge in [-0.1, -0.05) is 12.1 Å². The molecule has 0 spiro atoms. The largest absolute Gasteiger partial charge is 0.293 e. The van der Waals surface area contributed by atoms with Gasteiger partial charge in [-0.15, -0.1) is 11.6 Å². The van der Waals surface area contributed by atoms with Gasteiger partial charge in [0.25, 0.3) is 0 Å². The fraction of sp³-hybridized carbons (Fsp3) is 0.200. The van der Waals surface area contributed by atoms with Crippen molar-refractivity contribution < 1.29 is 4.79 Å². The molecule has 0 aliphatic rings. The van der Waals surface area contributed by atoms with Crippen LogP contribution in [0.1, 0.15) is 22.8 Å². The van der Waals surface area contributed by atoms with Gasteiger partial charge < -0.3 is 0 Å². The number of ketones is 1. The Kier molecular flexibility index (Phi) is 3.05. The molecule has 0 aromatic heterocycles. The number of carbonyl (C=O) groups is 1. The quantitative estimate of drug-likeness (QED) is 0.535. The minimum absolute atomic E-state index is 0.154. The number of nitrogens with zero attached hydrogens (tertiary/aromatic N) is 1. The summed E-state index contributed by atoms with van der Waals surface area (Å²) in [7, 11) is 0. The molecule has 0 amide bonds. The SMILES string of the molecule is C[C@@H](Cl)C(=O)c1cccc(C#N)c1. The van der Waals surface area contributed by atoms with Gasteiger partial charge >= 0.3 is 0 Å². The average Bonchev–Trinajstić information content (AvgIpc) is 2.16. The second kappa shape index (κ2) is 4.06. The molecule has 1 aromatic rings. The van der Waals surface area contributed by atoms with Crippen LogP contribution in [0.15, 0.2) is 24.3 Å². The third-order valence-electron chi connectivity index (χ3n) is 1.64. The maximum atomic E-state index is 11.4. The highest BCUT2D eigenvalue weighted by Crippen LogP contribution is 2.09. The first kappa shape index (κ1) is 9.76. The van der Waals surface area contributed by atoms with Crippen molar-refractivity contribution in [3.8, 4) is 6.07 Å². The predicted molar refractivity (Wildman–Crippen MR) is 50.8 cm³/mol. The van der Waals surface area contributed by atoms with Crippen molar-refractivity contribution in [2.75, 3.05) is 0 Å². The van der Waals surface area contributed by atoms with Crippen LogP contribution in [0.25, 0.3) is 0 Å². The Labute approximate surface area is 81.7 Å². The van der Waals surface area contributed by atoms with Gasteiger partial charge in [0.2, 0.25) is 0 Å². The third-order valence-corrected chi connectivity index (χ3v) is 1.84. The van der Waals surface area contributed by atoms with E-state index in [4.69, 9.17) is 16.9 Å². The number of alkyl halides is 1. The van der Waals surface area contributed by atoms with E-state index < -0.39 is 5.38 Å². The van der Waals surface area contributed by atoms with E-state index in [2.05, 4.69) is 0 Å². The van der Waals surface area contributed by atoms with Gasteiger partial charge in [-0.25, -0.2) is 0 Å². The molecule has 1 atom stereocenters. The van der Waals surface area contributed by atoms with Gasteiger partial charge in [-0.2, -0.15) is 5.26 Å². The Balaban J connectivity index is 3.04. The van der Waals surface area contributed by atoms with Crippen LogP contribution in [-0.4, -0.2) is 11.2 Å². The molecular formula is C10H8ClNO. The van der Waals surface area contributed by atoms with Crippen LogP contribution in [0.2, 0.25) is 0 Å². The monoisotopic (exact) mass is 193 g/mol. The zero-order valence-electron chi connectivity index (χ0n) is 7.12. The van der Waals surface area contributed by atoms with Crippen molar-refractivity contribution in [3.63, 3.8) is 0 Å². The van der Waals surface area contributed by atoms with Crippen molar-refractivity contribution in [1.29, 1.82) is 5.26 Å². The molecule has 0 unspecified atom stereocenters. The summed E-state index contributed by atoms with van der Waals surface area (Å²) in [5, 5.41) is 8.04. The van der Waals surface area contributed by atoms with E-state index in [0.29, 0.717) is 11.1 Å². The lowest BCUT2D eigenvalue weighted by molar-refractivity contribution is 0.0991. The lowest BCUT2D eigenvalue weighted by Crippen LogP contribution is -2.10. The van der Waals surface area contributed by atoms with Crippen LogP contribution in [0.4, 0.5) is 0 Å². The summed E-state index contributed by atoms with van der Waals surface area (Å²) in [5.41, 5.74) is 0.963. The minimum Gasteiger partial charge on any atom is -0.293 e. The fourth-order valence-electron chi connectivity index (χ4n) is 0.972. The zero-order valence-corrected chi connectivity index (χ0v) is 7.88. The number of halogens is 1. The van der Waals surface area contributed by atoms with E-state index in [9.17, 15) is 4.79 Å². The second-order valence-electron chi connectivity index (χ2n) is 2.67. The van der Waals surface area contributed by atoms with E-state index in [1.54, 1.807) is 31.2 Å². The van der Waals surface area contributed by atoms with E-state index >= 15 is 0 Å². The summed E-state index contributed by atoms with van der Waals surface area (Å²) in [4.78, 5) is 11.4. The van der Waals surface area contributed by atoms with Gasteiger partial charge in [0, 0.05) is 5.56 Å². The number of rotatable bonds is 2. The standard InChI is InChI=1S/C10H8ClNO/c1-7(11)10(13)9-4-2-3-8(5-9)6-12/h2-5,7H,1H3/t7-/m1/s1. The van der Waals surface area contributed by atoms with Gasteiger partial charge in [-0.3, -0.25) is 4.79 Å². The summed E-state index contributed by atoms with van der Waals surface area (Å²) in [6, 6.07) is 8.48. The van der Waals surface area contributed by atoms with Gasteiger partial charge in [0.05, 0.1) is 17.0 Å². The highest BCUT2D eigenvalue weighted by molar-refractivity contribution is 6.33. The van der Waals surface area contributed by atoms with Gasteiger partial charge in [0.1, 0.15) is 0 Å². The molecule has 0 fully saturated rings. The molecule has 0 bridgehead atoms. The smallest absolute Gasteiger partial charge is 0.180 e. The molecule has 3 heteroatoms. The van der Waals surface area contributed by atoms with E-state index in [0.717, 1.165) is 0 Å². The molecule has 0 radical (unpaired) electrons. The molecule has 0 N–H and O–H groups in total. The van der Waals surface area contributed by atoms with Crippen molar-refractivity contribution in [2.24, 2.45) is 0 Å². The fourth-order valence-corrected chi connectivity index (χ4v) is 1.10. The average molecular weight is 194 g/mol. The normalized spacial score (nSPS) is 11.8. The zero-order chi connectivity index (χ0) is 9.84. The summed E-state index contributed by atoms with van der Waals surface area (Å²) >= 11 is 5.63. The summed E-state index contributed by atoms with van der Waals surface area (Å²) in [6.45, 7) is 1.61. The Bertz CT molecular complexity index is 365. The molecular weight excluding hydrogens is 186 g/mol. The van der Waals surface area contributed by atoms with E-state index in [1.807, 2.05) is 6.07 Å². The van der Waals surface area contributed by atoms with Crippen molar-refractivity contribution in [3.05, 3.63) is 35.4 Å². The first-order valence-corrected chi connectivity index (χ1v) is 4.27. The first-order chi connectivity index (χ1) is 6.15. The molecule has 0 aliphatic heterocycles. The third kappa shape index (κ3) is 2.30. The maximum absolute atomic E-state index is 11.4. The first-order valence-electron chi connectivity index (χ1n) is 3.83. The van der Waals surface area contributed by atoms with Crippen LogP contribution in [0, 0.1) is 11.3 Å².